The summed E-state index contributed by atoms with van der Waals surface area (Å²) in [6, 6.07) is 0.545. The number of hydrogen-bond acceptors (Lipinski definition) is 4. The molecule has 2 heterocycles. The van der Waals surface area contributed by atoms with Crippen molar-refractivity contribution in [1.82, 2.24) is 19.9 Å². The predicted molar refractivity (Wildman–Crippen MR) is 55.2 cm³/mol. The minimum Gasteiger partial charge on any atom is -0.365 e. The van der Waals surface area contributed by atoms with E-state index in [-0.39, 0.29) is 0 Å². The normalized spacial score (nSPS) is 22.9. The minimum absolute atomic E-state index is 0.545. The van der Waals surface area contributed by atoms with E-state index in [1.807, 2.05) is 4.68 Å². The second kappa shape index (κ2) is 3.96. The Morgan fingerprint density at radius 3 is 3.14 bits per heavy atom. The van der Waals surface area contributed by atoms with E-state index in [4.69, 9.17) is 0 Å². The third-order valence-corrected chi connectivity index (χ3v) is 2.66. The highest BCUT2D eigenvalue weighted by Crippen LogP contribution is 2.13. The van der Waals surface area contributed by atoms with Crippen LogP contribution in [0.4, 0.5) is 5.82 Å². The Hall–Kier alpha value is -1.10. The summed E-state index contributed by atoms with van der Waals surface area (Å²) in [5.41, 5.74) is 0. The number of likely N-dealkylation sites (tertiary alicyclic amines) is 1. The van der Waals surface area contributed by atoms with E-state index in [9.17, 15) is 0 Å². The largest absolute Gasteiger partial charge is 0.365 e. The molecule has 0 bridgehead atoms. The van der Waals surface area contributed by atoms with Gasteiger partial charge in [-0.25, -0.2) is 4.68 Å². The summed E-state index contributed by atoms with van der Waals surface area (Å²) in [4.78, 5) is 2.33. The molecule has 0 amide bonds. The number of likely N-dealkylation sites (N-methyl/N-ethyl adjacent to an activating group) is 1. The van der Waals surface area contributed by atoms with Gasteiger partial charge in [0.25, 0.3) is 0 Å². The van der Waals surface area contributed by atoms with Gasteiger partial charge in [0, 0.05) is 19.1 Å². The lowest BCUT2D eigenvalue weighted by Crippen LogP contribution is -2.24. The van der Waals surface area contributed by atoms with Gasteiger partial charge in [0.15, 0.2) is 0 Å². The number of aryl methyl sites for hydroxylation is 1. The summed E-state index contributed by atoms with van der Waals surface area (Å²) < 4.78 is 1.89. The van der Waals surface area contributed by atoms with Crippen LogP contribution in [0.2, 0.25) is 0 Å². The van der Waals surface area contributed by atoms with Crippen molar-refractivity contribution in [1.29, 1.82) is 0 Å². The molecule has 1 unspecified atom stereocenters. The van der Waals surface area contributed by atoms with E-state index < -0.39 is 0 Å². The standard InChI is InChI=1S/C9H17N5/c1-3-14-9(6-10-12-14)11-8-4-5-13(2)7-8/h6,8,11H,3-5,7H2,1-2H3. The number of hydrogen-bond donors (Lipinski definition) is 1. The van der Waals surface area contributed by atoms with Crippen molar-refractivity contribution < 1.29 is 0 Å². The smallest absolute Gasteiger partial charge is 0.145 e. The zero-order valence-electron chi connectivity index (χ0n) is 8.77. The third kappa shape index (κ3) is 1.87. The molecule has 14 heavy (non-hydrogen) atoms. The minimum atomic E-state index is 0.545. The molecule has 1 saturated heterocycles. The van der Waals surface area contributed by atoms with E-state index in [1.54, 1.807) is 6.20 Å². The van der Waals surface area contributed by atoms with Gasteiger partial charge in [-0.05, 0) is 26.9 Å². The summed E-state index contributed by atoms with van der Waals surface area (Å²) in [5.74, 6) is 1.04. The Labute approximate surface area is 84.1 Å². The number of aromatic nitrogens is 3. The lowest BCUT2D eigenvalue weighted by atomic mass is 10.3. The second-order valence-corrected chi connectivity index (χ2v) is 3.83. The van der Waals surface area contributed by atoms with Crippen LogP contribution in [0.25, 0.3) is 0 Å². The highest BCUT2D eigenvalue weighted by atomic mass is 15.5. The molecule has 5 heteroatoms. The van der Waals surface area contributed by atoms with Crippen molar-refractivity contribution in [2.45, 2.75) is 25.9 Å². The van der Waals surface area contributed by atoms with Crippen LogP contribution >= 0.6 is 0 Å². The fourth-order valence-corrected chi connectivity index (χ4v) is 1.87. The summed E-state index contributed by atoms with van der Waals surface area (Å²) >= 11 is 0. The lowest BCUT2D eigenvalue weighted by molar-refractivity contribution is 0.413. The molecule has 1 fully saturated rings. The lowest BCUT2D eigenvalue weighted by Gasteiger charge is -2.13. The van der Waals surface area contributed by atoms with Gasteiger partial charge in [0.05, 0.1) is 6.20 Å². The van der Waals surface area contributed by atoms with Crippen LogP contribution in [-0.4, -0.2) is 46.1 Å². The van der Waals surface area contributed by atoms with Crippen LogP contribution < -0.4 is 5.32 Å². The Morgan fingerprint density at radius 1 is 1.64 bits per heavy atom. The molecule has 1 atom stereocenters. The fraction of sp³-hybridized carbons (Fsp3) is 0.778. The van der Waals surface area contributed by atoms with Gasteiger partial charge < -0.3 is 10.2 Å². The molecular formula is C9H17N5. The average Bonchev–Trinajstić information content (AvgIpc) is 2.76. The van der Waals surface area contributed by atoms with Gasteiger partial charge in [-0.15, -0.1) is 5.10 Å². The van der Waals surface area contributed by atoms with Crippen molar-refractivity contribution >= 4 is 5.82 Å². The van der Waals surface area contributed by atoms with Crippen LogP contribution in [0, 0.1) is 0 Å². The molecule has 1 aliphatic heterocycles. The maximum Gasteiger partial charge on any atom is 0.145 e. The molecule has 5 nitrogen and oxygen atoms in total. The molecule has 1 aromatic rings. The third-order valence-electron chi connectivity index (χ3n) is 2.66. The number of nitrogens with zero attached hydrogens (tertiary/aromatic N) is 4. The zero-order chi connectivity index (χ0) is 9.97. The van der Waals surface area contributed by atoms with Crippen LogP contribution in [0.15, 0.2) is 6.20 Å². The van der Waals surface area contributed by atoms with Crippen LogP contribution in [0.3, 0.4) is 0 Å². The summed E-state index contributed by atoms with van der Waals surface area (Å²) in [7, 11) is 2.15. The van der Waals surface area contributed by atoms with Crippen LogP contribution in [0.1, 0.15) is 13.3 Å². The van der Waals surface area contributed by atoms with Gasteiger partial charge in [0.2, 0.25) is 0 Å². The van der Waals surface area contributed by atoms with Gasteiger partial charge >= 0.3 is 0 Å². The topological polar surface area (TPSA) is 46.0 Å². The first-order valence-corrected chi connectivity index (χ1v) is 5.13. The second-order valence-electron chi connectivity index (χ2n) is 3.83. The first-order chi connectivity index (χ1) is 6.79. The molecular weight excluding hydrogens is 178 g/mol. The maximum atomic E-state index is 3.99. The first-order valence-electron chi connectivity index (χ1n) is 5.13. The van der Waals surface area contributed by atoms with Crippen molar-refractivity contribution in [3.05, 3.63) is 6.20 Å². The fourth-order valence-electron chi connectivity index (χ4n) is 1.87. The van der Waals surface area contributed by atoms with Crippen molar-refractivity contribution in [3.8, 4) is 0 Å². The summed E-state index contributed by atoms with van der Waals surface area (Å²) in [5, 5.41) is 11.3. The number of rotatable bonds is 3. The quantitative estimate of drug-likeness (QED) is 0.759. The van der Waals surface area contributed by atoms with E-state index in [2.05, 4.69) is 34.5 Å². The monoisotopic (exact) mass is 195 g/mol. The van der Waals surface area contributed by atoms with Gasteiger partial charge in [0.1, 0.15) is 5.82 Å². The molecule has 0 aliphatic carbocycles. The number of anilines is 1. The molecule has 1 aliphatic rings. The Balaban J connectivity index is 1.97. The average molecular weight is 195 g/mol. The van der Waals surface area contributed by atoms with E-state index in [1.165, 1.54) is 13.0 Å². The molecule has 0 saturated carbocycles. The SMILES string of the molecule is CCn1nncc1NC1CCN(C)C1. The predicted octanol–water partition coefficient (Wildman–Crippen LogP) is 0.414. The molecule has 2 rings (SSSR count). The Bertz CT molecular complexity index is 295. The molecule has 1 aromatic heterocycles. The van der Waals surface area contributed by atoms with E-state index >= 15 is 0 Å². The van der Waals surface area contributed by atoms with Crippen molar-refractivity contribution in [2.75, 3.05) is 25.5 Å². The molecule has 0 spiro atoms. The van der Waals surface area contributed by atoms with Crippen LogP contribution in [-0.2, 0) is 6.54 Å². The molecule has 1 N–H and O–H groups in total. The first kappa shape index (κ1) is 9.45. The molecule has 78 valence electrons. The van der Waals surface area contributed by atoms with E-state index in [0.29, 0.717) is 6.04 Å². The summed E-state index contributed by atoms with van der Waals surface area (Å²) in [6.45, 7) is 5.21. The Morgan fingerprint density at radius 2 is 2.50 bits per heavy atom. The van der Waals surface area contributed by atoms with Gasteiger partial charge in [-0.2, -0.15) is 0 Å². The zero-order valence-corrected chi connectivity index (χ0v) is 8.77. The van der Waals surface area contributed by atoms with Gasteiger partial charge in [-0.3, -0.25) is 0 Å². The molecule has 0 radical (unpaired) electrons. The summed E-state index contributed by atoms with van der Waals surface area (Å²) in [6.07, 6.45) is 2.99. The van der Waals surface area contributed by atoms with Crippen molar-refractivity contribution in [2.24, 2.45) is 0 Å². The number of nitrogens with one attached hydrogen (secondary N) is 1. The maximum absolute atomic E-state index is 3.99. The Kier molecular flexibility index (Phi) is 2.67. The van der Waals surface area contributed by atoms with Gasteiger partial charge in [-0.1, -0.05) is 5.21 Å². The van der Waals surface area contributed by atoms with E-state index in [0.717, 1.165) is 18.9 Å². The van der Waals surface area contributed by atoms with Crippen molar-refractivity contribution in [3.63, 3.8) is 0 Å². The highest BCUT2D eigenvalue weighted by molar-refractivity contribution is 5.32. The highest BCUT2D eigenvalue weighted by Gasteiger charge is 2.20. The van der Waals surface area contributed by atoms with Crippen LogP contribution in [0.5, 0.6) is 0 Å². The molecule has 0 aromatic carbocycles.